The molecule has 0 radical (unpaired) electrons. The number of methoxy groups -OCH3 is 1. The lowest BCUT2D eigenvalue weighted by molar-refractivity contribution is -0.298. The van der Waals surface area contributed by atoms with Crippen molar-refractivity contribution in [3.8, 4) is 5.75 Å². The van der Waals surface area contributed by atoms with E-state index in [0.717, 1.165) is 16.9 Å². The van der Waals surface area contributed by atoms with Gasteiger partial charge in [-0.1, -0.05) is 29.8 Å². The third-order valence-corrected chi connectivity index (χ3v) is 5.65. The Bertz CT molecular complexity index is 828. The molecule has 0 spiro atoms. The second-order valence-corrected chi connectivity index (χ2v) is 7.88. The zero-order valence-electron chi connectivity index (χ0n) is 17.1. The van der Waals surface area contributed by atoms with Crippen LogP contribution in [0, 0.1) is 0 Å². The molecule has 0 aliphatic carbocycles. The van der Waals surface area contributed by atoms with Crippen LogP contribution in [0.3, 0.4) is 0 Å². The first kappa shape index (κ1) is 22.9. The van der Waals surface area contributed by atoms with E-state index in [2.05, 4.69) is 0 Å². The van der Waals surface area contributed by atoms with Gasteiger partial charge in [-0.25, -0.2) is 8.78 Å². The Balaban J connectivity index is 1.86. The average molecular weight is 441 g/mol. The summed E-state index contributed by atoms with van der Waals surface area (Å²) in [5.41, 5.74) is 2.54. The maximum atomic E-state index is 12.9. The molecule has 1 heterocycles. The van der Waals surface area contributed by atoms with Gasteiger partial charge in [-0.2, -0.15) is 0 Å². The number of hydrogen-bond acceptors (Lipinski definition) is 4. The molecular weight excluding hydrogens is 414 g/mol. The molecule has 0 aromatic heterocycles. The molecule has 164 valence electrons. The predicted octanol–water partition coefficient (Wildman–Crippen LogP) is 5.32. The second-order valence-electron chi connectivity index (χ2n) is 7.48. The van der Waals surface area contributed by atoms with Crippen LogP contribution in [0.4, 0.5) is 8.78 Å². The molecule has 4 nitrogen and oxygen atoms in total. The molecule has 2 unspecified atom stereocenters. The van der Waals surface area contributed by atoms with Crippen LogP contribution in [0.15, 0.2) is 42.5 Å². The Labute approximate surface area is 180 Å². The van der Waals surface area contributed by atoms with Crippen LogP contribution in [-0.4, -0.2) is 37.5 Å². The number of halogens is 3. The van der Waals surface area contributed by atoms with E-state index in [9.17, 15) is 13.9 Å². The minimum Gasteiger partial charge on any atom is -0.494 e. The van der Waals surface area contributed by atoms with Gasteiger partial charge in [0.15, 0.2) is 5.79 Å². The van der Waals surface area contributed by atoms with Crippen LogP contribution < -0.4 is 4.74 Å². The van der Waals surface area contributed by atoms with Crippen LogP contribution in [0.2, 0.25) is 5.02 Å². The lowest BCUT2D eigenvalue weighted by Gasteiger charge is -2.42. The van der Waals surface area contributed by atoms with Crippen LogP contribution >= 0.6 is 11.6 Å². The molecule has 3 rings (SSSR count). The van der Waals surface area contributed by atoms with Crippen molar-refractivity contribution in [1.29, 1.82) is 0 Å². The summed E-state index contributed by atoms with van der Waals surface area (Å²) in [6.45, 7) is 2.53. The van der Waals surface area contributed by atoms with Gasteiger partial charge in [0.25, 0.3) is 0 Å². The number of alkyl halides is 2. The zero-order valence-corrected chi connectivity index (χ0v) is 17.9. The SMILES string of the molecule is CCOc1ccc(Cc2cc([C@@]3(OC)CC(O)CC(CC(F)F)O3)ccc2Cl)cc1. The Morgan fingerprint density at radius 1 is 1.23 bits per heavy atom. The minimum atomic E-state index is -2.52. The summed E-state index contributed by atoms with van der Waals surface area (Å²) in [4.78, 5) is 0. The van der Waals surface area contributed by atoms with E-state index >= 15 is 0 Å². The van der Waals surface area contributed by atoms with Crippen molar-refractivity contribution in [3.05, 3.63) is 64.2 Å². The summed E-state index contributed by atoms with van der Waals surface area (Å²) in [7, 11) is 1.46. The van der Waals surface area contributed by atoms with Crippen LogP contribution in [0.5, 0.6) is 5.75 Å². The molecule has 1 aliphatic rings. The lowest BCUT2D eigenvalue weighted by Crippen LogP contribution is -2.46. The van der Waals surface area contributed by atoms with Crippen molar-refractivity contribution in [2.24, 2.45) is 0 Å². The molecule has 1 aliphatic heterocycles. The smallest absolute Gasteiger partial charge is 0.241 e. The predicted molar refractivity (Wildman–Crippen MR) is 111 cm³/mol. The van der Waals surface area contributed by atoms with E-state index in [1.807, 2.05) is 37.3 Å². The topological polar surface area (TPSA) is 47.9 Å². The molecule has 30 heavy (non-hydrogen) atoms. The second kappa shape index (κ2) is 10.1. The Hall–Kier alpha value is -1.73. The quantitative estimate of drug-likeness (QED) is 0.603. The normalized spacial score (nSPS) is 24.2. The molecule has 3 atom stereocenters. The highest BCUT2D eigenvalue weighted by atomic mass is 35.5. The van der Waals surface area contributed by atoms with Crippen molar-refractivity contribution in [2.45, 2.75) is 57.0 Å². The number of hydrogen-bond donors (Lipinski definition) is 1. The van der Waals surface area contributed by atoms with Crippen LogP contribution in [0.25, 0.3) is 0 Å². The van der Waals surface area contributed by atoms with E-state index in [-0.39, 0.29) is 12.8 Å². The van der Waals surface area contributed by atoms with Crippen LogP contribution in [-0.2, 0) is 21.7 Å². The van der Waals surface area contributed by atoms with Crippen molar-refractivity contribution in [1.82, 2.24) is 0 Å². The summed E-state index contributed by atoms with van der Waals surface area (Å²) in [6, 6.07) is 13.1. The molecule has 0 amide bonds. The third-order valence-electron chi connectivity index (χ3n) is 5.28. The number of rotatable bonds is 8. The fourth-order valence-corrected chi connectivity index (χ4v) is 4.06. The molecule has 0 saturated carbocycles. The molecule has 7 heteroatoms. The number of aliphatic hydroxyl groups excluding tert-OH is 1. The number of ether oxygens (including phenoxy) is 3. The van der Waals surface area contributed by atoms with Gasteiger partial charge in [0.05, 0.1) is 18.8 Å². The highest BCUT2D eigenvalue weighted by Crippen LogP contribution is 2.41. The maximum absolute atomic E-state index is 12.9. The monoisotopic (exact) mass is 440 g/mol. The van der Waals surface area contributed by atoms with Crippen molar-refractivity contribution in [3.63, 3.8) is 0 Å². The minimum absolute atomic E-state index is 0.155. The van der Waals surface area contributed by atoms with E-state index < -0.39 is 30.8 Å². The first-order valence-corrected chi connectivity index (χ1v) is 10.4. The van der Waals surface area contributed by atoms with Gasteiger partial charge in [0.2, 0.25) is 6.43 Å². The molecular formula is C23H27ClF2O4. The maximum Gasteiger partial charge on any atom is 0.241 e. The van der Waals surface area contributed by atoms with Crippen LogP contribution in [0.1, 0.15) is 42.9 Å². The van der Waals surface area contributed by atoms with E-state index in [1.54, 1.807) is 12.1 Å². The van der Waals surface area contributed by atoms with E-state index in [1.165, 1.54) is 7.11 Å². The summed E-state index contributed by atoms with van der Waals surface area (Å²) < 4.78 is 42.9. The summed E-state index contributed by atoms with van der Waals surface area (Å²) in [5, 5.41) is 10.9. The molecule has 0 bridgehead atoms. The number of aliphatic hydroxyl groups is 1. The van der Waals surface area contributed by atoms with Gasteiger partial charge in [0.1, 0.15) is 5.75 Å². The highest BCUT2D eigenvalue weighted by Gasteiger charge is 2.44. The van der Waals surface area contributed by atoms with Gasteiger partial charge in [-0.3, -0.25) is 0 Å². The van der Waals surface area contributed by atoms with Gasteiger partial charge in [-0.05, 0) is 48.7 Å². The summed E-state index contributed by atoms with van der Waals surface area (Å²) >= 11 is 6.43. The standard InChI is InChI=1S/C23H27ClF2O4/c1-3-29-19-7-4-15(5-8-19)10-16-11-17(6-9-21(16)24)23(28-2)14-18(27)12-20(30-23)13-22(25)26/h4-9,11,18,20,22,27H,3,10,12-14H2,1-2H3/t18?,20?,23-/m1/s1. The Morgan fingerprint density at radius 2 is 1.97 bits per heavy atom. The van der Waals surface area contributed by atoms with Crippen molar-refractivity contribution >= 4 is 11.6 Å². The Kier molecular flexibility index (Phi) is 7.69. The third kappa shape index (κ3) is 5.49. The van der Waals surface area contributed by atoms with E-state index in [0.29, 0.717) is 23.6 Å². The largest absolute Gasteiger partial charge is 0.494 e. The molecule has 2 aromatic rings. The Morgan fingerprint density at radius 3 is 2.60 bits per heavy atom. The summed E-state index contributed by atoms with van der Waals surface area (Å²) in [6.07, 6.45) is -3.67. The molecule has 1 fully saturated rings. The van der Waals surface area contributed by atoms with Gasteiger partial charge in [-0.15, -0.1) is 0 Å². The summed E-state index contributed by atoms with van der Waals surface area (Å²) in [5.74, 6) is -0.496. The van der Waals surface area contributed by atoms with Gasteiger partial charge in [0, 0.05) is 37.0 Å². The number of benzene rings is 2. The average Bonchev–Trinajstić information content (AvgIpc) is 2.70. The highest BCUT2D eigenvalue weighted by molar-refractivity contribution is 6.31. The lowest BCUT2D eigenvalue weighted by atomic mass is 9.90. The zero-order chi connectivity index (χ0) is 21.7. The van der Waals surface area contributed by atoms with Crippen molar-refractivity contribution < 1.29 is 28.1 Å². The van der Waals surface area contributed by atoms with Gasteiger partial charge < -0.3 is 19.3 Å². The first-order valence-electron chi connectivity index (χ1n) is 10.0. The van der Waals surface area contributed by atoms with Gasteiger partial charge >= 0.3 is 0 Å². The fraction of sp³-hybridized carbons (Fsp3) is 0.478. The molecule has 2 aromatic carbocycles. The first-order chi connectivity index (χ1) is 14.3. The van der Waals surface area contributed by atoms with E-state index in [4.69, 9.17) is 25.8 Å². The molecule has 1 saturated heterocycles. The van der Waals surface area contributed by atoms with Crippen molar-refractivity contribution in [2.75, 3.05) is 13.7 Å². The molecule has 1 N–H and O–H groups in total. The fourth-order valence-electron chi connectivity index (χ4n) is 3.88.